The van der Waals surface area contributed by atoms with Gasteiger partial charge >= 0.3 is 0 Å². The third-order valence-electron chi connectivity index (χ3n) is 2.21. The zero-order valence-electron chi connectivity index (χ0n) is 10.2. The molecule has 0 aromatic heterocycles. The van der Waals surface area contributed by atoms with Crippen LogP contribution in [0.1, 0.15) is 27.2 Å². The SMILES string of the molecule is CC(C)(C)CC(N)C(=O)Nc1ccccc1. The third-order valence-corrected chi connectivity index (χ3v) is 2.21. The van der Waals surface area contributed by atoms with Crippen LogP contribution in [0.3, 0.4) is 0 Å². The Hall–Kier alpha value is -1.35. The Labute approximate surface area is 97.0 Å². The van der Waals surface area contributed by atoms with Crippen molar-refractivity contribution in [2.24, 2.45) is 11.1 Å². The topological polar surface area (TPSA) is 55.1 Å². The first-order valence-electron chi connectivity index (χ1n) is 5.50. The highest BCUT2D eigenvalue weighted by Crippen LogP contribution is 2.20. The number of nitrogens with one attached hydrogen (secondary N) is 1. The van der Waals surface area contributed by atoms with Gasteiger partial charge in [-0.15, -0.1) is 0 Å². The van der Waals surface area contributed by atoms with Gasteiger partial charge in [-0.25, -0.2) is 0 Å². The first kappa shape index (κ1) is 12.7. The fourth-order valence-corrected chi connectivity index (χ4v) is 1.51. The van der Waals surface area contributed by atoms with E-state index in [4.69, 9.17) is 5.73 Å². The molecule has 1 aromatic rings. The minimum absolute atomic E-state index is 0.0629. The van der Waals surface area contributed by atoms with Crippen molar-refractivity contribution in [2.75, 3.05) is 5.32 Å². The summed E-state index contributed by atoms with van der Waals surface area (Å²) in [6, 6.07) is 8.91. The Kier molecular flexibility index (Phi) is 4.07. The standard InChI is InChI=1S/C13H20N2O/c1-13(2,3)9-11(14)12(16)15-10-7-5-4-6-8-10/h4-8,11H,9,14H2,1-3H3,(H,15,16). The Bertz CT molecular complexity index is 341. The zero-order chi connectivity index (χ0) is 12.2. The highest BCUT2D eigenvalue weighted by atomic mass is 16.2. The van der Waals surface area contributed by atoms with Gasteiger partial charge in [0.25, 0.3) is 0 Å². The van der Waals surface area contributed by atoms with Gasteiger partial charge in [-0.3, -0.25) is 4.79 Å². The van der Waals surface area contributed by atoms with Crippen LogP contribution in [0.15, 0.2) is 30.3 Å². The van der Waals surface area contributed by atoms with Crippen molar-refractivity contribution in [1.82, 2.24) is 0 Å². The Balaban J connectivity index is 2.53. The molecule has 0 saturated heterocycles. The maximum Gasteiger partial charge on any atom is 0.241 e. The number of hydrogen-bond donors (Lipinski definition) is 2. The number of hydrogen-bond acceptors (Lipinski definition) is 2. The number of para-hydroxylation sites is 1. The van der Waals surface area contributed by atoms with Crippen molar-refractivity contribution in [3.63, 3.8) is 0 Å². The Morgan fingerprint density at radius 2 is 1.88 bits per heavy atom. The highest BCUT2D eigenvalue weighted by Gasteiger charge is 2.21. The Morgan fingerprint density at radius 3 is 2.38 bits per heavy atom. The molecular formula is C13H20N2O. The number of carbonyl (C=O) groups excluding carboxylic acids is 1. The molecule has 1 aromatic carbocycles. The molecule has 0 heterocycles. The van der Waals surface area contributed by atoms with Gasteiger partial charge in [0.2, 0.25) is 5.91 Å². The molecule has 16 heavy (non-hydrogen) atoms. The van der Waals surface area contributed by atoms with Crippen molar-refractivity contribution in [3.8, 4) is 0 Å². The van der Waals surface area contributed by atoms with Gasteiger partial charge in [0.15, 0.2) is 0 Å². The number of amides is 1. The average molecular weight is 220 g/mol. The van der Waals surface area contributed by atoms with Crippen LogP contribution in [-0.4, -0.2) is 11.9 Å². The molecule has 0 bridgehead atoms. The first-order chi connectivity index (χ1) is 7.38. The summed E-state index contributed by atoms with van der Waals surface area (Å²) >= 11 is 0. The van der Waals surface area contributed by atoms with Gasteiger partial charge in [0, 0.05) is 5.69 Å². The summed E-state index contributed by atoms with van der Waals surface area (Å²) in [5, 5.41) is 2.80. The minimum atomic E-state index is -0.458. The molecule has 3 N–H and O–H groups in total. The predicted molar refractivity (Wildman–Crippen MR) is 67.1 cm³/mol. The third kappa shape index (κ3) is 4.45. The van der Waals surface area contributed by atoms with E-state index in [1.165, 1.54) is 0 Å². The molecule has 1 amide bonds. The van der Waals surface area contributed by atoms with Crippen molar-refractivity contribution in [3.05, 3.63) is 30.3 Å². The van der Waals surface area contributed by atoms with E-state index >= 15 is 0 Å². The van der Waals surface area contributed by atoms with Gasteiger partial charge in [-0.05, 0) is 24.0 Å². The molecule has 0 radical (unpaired) electrons. The molecule has 88 valence electrons. The molecule has 1 unspecified atom stereocenters. The highest BCUT2D eigenvalue weighted by molar-refractivity contribution is 5.94. The van der Waals surface area contributed by atoms with Crippen molar-refractivity contribution >= 4 is 11.6 Å². The van der Waals surface area contributed by atoms with E-state index in [1.807, 2.05) is 30.3 Å². The normalized spacial score (nSPS) is 13.2. The quantitative estimate of drug-likeness (QED) is 0.821. The maximum absolute atomic E-state index is 11.8. The smallest absolute Gasteiger partial charge is 0.241 e. The molecule has 0 fully saturated rings. The number of anilines is 1. The van der Waals surface area contributed by atoms with Crippen LogP contribution >= 0.6 is 0 Å². The second-order valence-corrected chi connectivity index (χ2v) is 5.23. The van der Waals surface area contributed by atoms with Crippen molar-refractivity contribution in [2.45, 2.75) is 33.2 Å². The summed E-state index contributed by atoms with van der Waals surface area (Å²) in [5.74, 6) is -0.124. The van der Waals surface area contributed by atoms with E-state index in [2.05, 4.69) is 26.1 Å². The van der Waals surface area contributed by atoms with Crippen LogP contribution in [0.2, 0.25) is 0 Å². The van der Waals surface area contributed by atoms with Gasteiger partial charge in [-0.2, -0.15) is 0 Å². The van der Waals surface area contributed by atoms with Crippen molar-refractivity contribution in [1.29, 1.82) is 0 Å². The summed E-state index contributed by atoms with van der Waals surface area (Å²) in [7, 11) is 0. The molecule has 1 rings (SSSR count). The Morgan fingerprint density at radius 1 is 1.31 bits per heavy atom. The molecule has 0 aliphatic heterocycles. The molecule has 3 nitrogen and oxygen atoms in total. The predicted octanol–water partition coefficient (Wildman–Crippen LogP) is 2.39. The van der Waals surface area contributed by atoms with Crippen LogP contribution in [-0.2, 0) is 4.79 Å². The summed E-state index contributed by atoms with van der Waals surface area (Å²) in [6.45, 7) is 6.22. The molecule has 1 atom stereocenters. The second kappa shape index (κ2) is 5.12. The van der Waals surface area contributed by atoms with Gasteiger partial charge in [-0.1, -0.05) is 39.0 Å². The van der Waals surface area contributed by atoms with E-state index in [0.29, 0.717) is 6.42 Å². The summed E-state index contributed by atoms with van der Waals surface area (Å²) in [5.41, 5.74) is 6.69. The minimum Gasteiger partial charge on any atom is -0.325 e. The van der Waals surface area contributed by atoms with Crippen molar-refractivity contribution < 1.29 is 4.79 Å². The van der Waals surface area contributed by atoms with E-state index in [0.717, 1.165) is 5.69 Å². The summed E-state index contributed by atoms with van der Waals surface area (Å²) < 4.78 is 0. The lowest BCUT2D eigenvalue weighted by Crippen LogP contribution is -2.38. The molecule has 3 heteroatoms. The fourth-order valence-electron chi connectivity index (χ4n) is 1.51. The van der Waals surface area contributed by atoms with E-state index in [1.54, 1.807) is 0 Å². The molecule has 0 spiro atoms. The fraction of sp³-hybridized carbons (Fsp3) is 0.462. The first-order valence-corrected chi connectivity index (χ1v) is 5.50. The maximum atomic E-state index is 11.8. The zero-order valence-corrected chi connectivity index (χ0v) is 10.2. The number of rotatable bonds is 3. The van der Waals surface area contributed by atoms with E-state index < -0.39 is 6.04 Å². The molecule has 0 saturated carbocycles. The van der Waals surface area contributed by atoms with Crippen LogP contribution in [0.4, 0.5) is 5.69 Å². The summed E-state index contributed by atoms with van der Waals surface area (Å²) in [4.78, 5) is 11.8. The molecule has 0 aliphatic carbocycles. The monoisotopic (exact) mass is 220 g/mol. The van der Waals surface area contributed by atoms with Gasteiger partial charge in [0.05, 0.1) is 6.04 Å². The number of carbonyl (C=O) groups is 1. The second-order valence-electron chi connectivity index (χ2n) is 5.23. The summed E-state index contributed by atoms with van der Waals surface area (Å²) in [6.07, 6.45) is 0.672. The van der Waals surface area contributed by atoms with E-state index in [-0.39, 0.29) is 11.3 Å². The molecule has 0 aliphatic rings. The average Bonchev–Trinajstić information content (AvgIpc) is 2.16. The van der Waals surface area contributed by atoms with Gasteiger partial charge in [0.1, 0.15) is 0 Å². The number of benzene rings is 1. The lowest BCUT2D eigenvalue weighted by molar-refractivity contribution is -0.118. The van der Waals surface area contributed by atoms with E-state index in [9.17, 15) is 4.79 Å². The lowest BCUT2D eigenvalue weighted by Gasteiger charge is -2.22. The van der Waals surface area contributed by atoms with Crippen LogP contribution in [0.5, 0.6) is 0 Å². The lowest BCUT2D eigenvalue weighted by atomic mass is 9.88. The molecular weight excluding hydrogens is 200 g/mol. The van der Waals surface area contributed by atoms with Gasteiger partial charge < -0.3 is 11.1 Å². The largest absolute Gasteiger partial charge is 0.325 e. The number of nitrogens with two attached hydrogens (primary N) is 1. The van der Waals surface area contributed by atoms with Crippen LogP contribution < -0.4 is 11.1 Å². The van der Waals surface area contributed by atoms with Crippen LogP contribution in [0, 0.1) is 5.41 Å². The van der Waals surface area contributed by atoms with Crippen LogP contribution in [0.25, 0.3) is 0 Å².